The summed E-state index contributed by atoms with van der Waals surface area (Å²) < 4.78 is 19.3. The summed E-state index contributed by atoms with van der Waals surface area (Å²) >= 11 is 1.17. The molecule has 2 aromatic carbocycles. The number of thioether (sulfide) groups is 1. The molecule has 0 fully saturated rings. The van der Waals surface area contributed by atoms with Crippen LogP contribution in [0.25, 0.3) is 11.5 Å². The van der Waals surface area contributed by atoms with Crippen LogP contribution in [-0.4, -0.2) is 21.2 Å². The SMILES string of the molecule is Cc1ccc(C)c(C(=O)[C@@H](C)Sc2nnc(-c3ccccc3F)o2)c1. The van der Waals surface area contributed by atoms with Gasteiger partial charge in [0.1, 0.15) is 5.82 Å². The quantitative estimate of drug-likeness (QED) is 0.483. The number of rotatable bonds is 5. The van der Waals surface area contributed by atoms with Gasteiger partial charge in [-0.05, 0) is 44.5 Å². The van der Waals surface area contributed by atoms with E-state index in [1.165, 1.54) is 17.8 Å². The van der Waals surface area contributed by atoms with Gasteiger partial charge < -0.3 is 4.42 Å². The fourth-order valence-electron chi connectivity index (χ4n) is 2.43. The van der Waals surface area contributed by atoms with Crippen LogP contribution in [0.4, 0.5) is 4.39 Å². The van der Waals surface area contributed by atoms with E-state index in [0.29, 0.717) is 5.56 Å². The lowest BCUT2D eigenvalue weighted by molar-refractivity contribution is 0.0993. The summed E-state index contributed by atoms with van der Waals surface area (Å²) in [6.07, 6.45) is 0. The molecule has 0 radical (unpaired) electrons. The third-order valence-corrected chi connectivity index (χ3v) is 4.75. The average Bonchev–Trinajstić information content (AvgIpc) is 3.05. The number of halogens is 1. The average molecular weight is 356 g/mol. The van der Waals surface area contributed by atoms with E-state index in [-0.39, 0.29) is 22.5 Å². The first kappa shape index (κ1) is 17.4. The van der Waals surface area contributed by atoms with E-state index in [9.17, 15) is 9.18 Å². The molecule has 3 aromatic rings. The summed E-state index contributed by atoms with van der Waals surface area (Å²) in [5.74, 6) is -0.328. The fraction of sp³-hybridized carbons (Fsp3) is 0.211. The van der Waals surface area contributed by atoms with E-state index in [2.05, 4.69) is 10.2 Å². The minimum absolute atomic E-state index is 0.00292. The molecule has 6 heteroatoms. The Kier molecular flexibility index (Phi) is 4.99. The van der Waals surface area contributed by atoms with Crippen LogP contribution in [0.15, 0.2) is 52.1 Å². The minimum Gasteiger partial charge on any atom is -0.411 e. The summed E-state index contributed by atoms with van der Waals surface area (Å²) in [6, 6.07) is 12.0. The van der Waals surface area contributed by atoms with Gasteiger partial charge in [0.05, 0.1) is 10.8 Å². The predicted octanol–water partition coefficient (Wildman–Crippen LogP) is 4.86. The van der Waals surface area contributed by atoms with Gasteiger partial charge in [-0.2, -0.15) is 0 Å². The van der Waals surface area contributed by atoms with Crippen LogP contribution in [0.1, 0.15) is 28.4 Å². The van der Waals surface area contributed by atoms with E-state index >= 15 is 0 Å². The zero-order valence-corrected chi connectivity index (χ0v) is 14.9. The third-order valence-electron chi connectivity index (χ3n) is 3.82. The highest BCUT2D eigenvalue weighted by atomic mass is 32.2. The standard InChI is InChI=1S/C19H17FN2O2S/c1-11-8-9-12(2)15(10-11)17(23)13(3)25-19-22-21-18(24-19)14-6-4-5-7-16(14)20/h4-10,13H,1-3H3/t13-/m1/s1. The molecule has 1 aromatic heterocycles. The van der Waals surface area contributed by atoms with E-state index < -0.39 is 11.1 Å². The molecular weight excluding hydrogens is 339 g/mol. The third kappa shape index (κ3) is 3.79. The van der Waals surface area contributed by atoms with Crippen molar-refractivity contribution in [3.05, 3.63) is 65.0 Å². The van der Waals surface area contributed by atoms with Crippen LogP contribution in [0, 0.1) is 19.7 Å². The minimum atomic E-state index is -0.429. The maximum atomic E-state index is 13.8. The van der Waals surface area contributed by atoms with Crippen molar-refractivity contribution >= 4 is 17.5 Å². The first-order valence-electron chi connectivity index (χ1n) is 7.82. The lowest BCUT2D eigenvalue weighted by Gasteiger charge is -2.10. The number of Topliss-reactive ketones (excluding diaryl/α,β-unsaturated/α-hetero) is 1. The molecule has 0 bridgehead atoms. The van der Waals surface area contributed by atoms with Gasteiger partial charge in [0.25, 0.3) is 11.1 Å². The number of hydrogen-bond acceptors (Lipinski definition) is 5. The molecule has 0 saturated heterocycles. The Hall–Kier alpha value is -2.47. The first-order valence-corrected chi connectivity index (χ1v) is 8.70. The van der Waals surface area contributed by atoms with Crippen LogP contribution in [0.3, 0.4) is 0 Å². The lowest BCUT2D eigenvalue weighted by Crippen LogP contribution is -2.15. The lowest BCUT2D eigenvalue weighted by atomic mass is 10.0. The zero-order valence-electron chi connectivity index (χ0n) is 14.1. The molecule has 3 rings (SSSR count). The molecule has 0 saturated carbocycles. The van der Waals surface area contributed by atoms with Crippen LogP contribution >= 0.6 is 11.8 Å². The Labute approximate surface area is 149 Å². The Morgan fingerprint density at radius 1 is 1.16 bits per heavy atom. The molecular formula is C19H17FN2O2S. The Morgan fingerprint density at radius 2 is 1.92 bits per heavy atom. The number of benzene rings is 2. The molecule has 0 unspecified atom stereocenters. The number of aromatic nitrogens is 2. The summed E-state index contributed by atoms with van der Waals surface area (Å²) in [7, 11) is 0. The second-order valence-corrected chi connectivity index (χ2v) is 7.09. The smallest absolute Gasteiger partial charge is 0.277 e. The topological polar surface area (TPSA) is 56.0 Å². The van der Waals surface area contributed by atoms with Gasteiger partial charge in [-0.25, -0.2) is 4.39 Å². The Balaban J connectivity index is 1.78. The van der Waals surface area contributed by atoms with Gasteiger partial charge in [-0.15, -0.1) is 10.2 Å². The maximum absolute atomic E-state index is 13.8. The van der Waals surface area contributed by atoms with Crippen molar-refractivity contribution in [3.8, 4) is 11.5 Å². The normalized spacial score (nSPS) is 12.2. The molecule has 128 valence electrons. The number of aryl methyl sites for hydroxylation is 2. The van der Waals surface area contributed by atoms with Crippen molar-refractivity contribution in [2.75, 3.05) is 0 Å². The largest absolute Gasteiger partial charge is 0.411 e. The van der Waals surface area contributed by atoms with Crippen LogP contribution in [0.2, 0.25) is 0 Å². The molecule has 0 aliphatic carbocycles. The monoisotopic (exact) mass is 356 g/mol. The number of hydrogen-bond donors (Lipinski definition) is 0. The van der Waals surface area contributed by atoms with Crippen molar-refractivity contribution in [3.63, 3.8) is 0 Å². The number of carbonyl (C=O) groups excluding carboxylic acids is 1. The summed E-state index contributed by atoms with van der Waals surface area (Å²) in [5, 5.41) is 7.64. The van der Waals surface area contributed by atoms with E-state index in [1.807, 2.05) is 32.0 Å². The van der Waals surface area contributed by atoms with Crippen LogP contribution in [0.5, 0.6) is 0 Å². The molecule has 0 aliphatic rings. The number of ketones is 1. The molecule has 1 heterocycles. The van der Waals surface area contributed by atoms with Crippen molar-refractivity contribution in [2.45, 2.75) is 31.2 Å². The van der Waals surface area contributed by atoms with Gasteiger partial charge in [-0.1, -0.05) is 41.6 Å². The van der Waals surface area contributed by atoms with Crippen molar-refractivity contribution < 1.29 is 13.6 Å². The highest BCUT2D eigenvalue weighted by Crippen LogP contribution is 2.29. The fourth-order valence-corrected chi connectivity index (χ4v) is 3.18. The molecule has 25 heavy (non-hydrogen) atoms. The van der Waals surface area contributed by atoms with Crippen molar-refractivity contribution in [1.29, 1.82) is 0 Å². The second-order valence-electron chi connectivity index (χ2n) is 5.80. The predicted molar refractivity (Wildman–Crippen MR) is 95.3 cm³/mol. The van der Waals surface area contributed by atoms with Gasteiger partial charge >= 0.3 is 0 Å². The van der Waals surface area contributed by atoms with Crippen molar-refractivity contribution in [1.82, 2.24) is 10.2 Å². The van der Waals surface area contributed by atoms with E-state index in [0.717, 1.165) is 11.1 Å². The molecule has 0 amide bonds. The molecule has 1 atom stereocenters. The maximum Gasteiger partial charge on any atom is 0.277 e. The summed E-state index contributed by atoms with van der Waals surface area (Å²) in [5.41, 5.74) is 2.90. The zero-order chi connectivity index (χ0) is 18.0. The van der Waals surface area contributed by atoms with Gasteiger partial charge in [0.15, 0.2) is 5.78 Å². The molecule has 0 N–H and O–H groups in total. The number of carbonyl (C=O) groups is 1. The van der Waals surface area contributed by atoms with Crippen LogP contribution in [-0.2, 0) is 0 Å². The molecule has 4 nitrogen and oxygen atoms in total. The van der Waals surface area contributed by atoms with Gasteiger partial charge in [0, 0.05) is 5.56 Å². The summed E-state index contributed by atoms with van der Waals surface area (Å²) in [6.45, 7) is 5.65. The second kappa shape index (κ2) is 7.19. The number of nitrogens with zero attached hydrogens (tertiary/aromatic N) is 2. The highest BCUT2D eigenvalue weighted by Gasteiger charge is 2.22. The molecule has 0 spiro atoms. The Bertz CT molecular complexity index is 923. The van der Waals surface area contributed by atoms with E-state index in [4.69, 9.17) is 4.42 Å². The summed E-state index contributed by atoms with van der Waals surface area (Å²) in [4.78, 5) is 12.7. The van der Waals surface area contributed by atoms with Crippen LogP contribution < -0.4 is 0 Å². The van der Waals surface area contributed by atoms with E-state index in [1.54, 1.807) is 25.1 Å². The molecule has 0 aliphatic heterocycles. The van der Waals surface area contributed by atoms with Crippen molar-refractivity contribution in [2.24, 2.45) is 0 Å². The Morgan fingerprint density at radius 3 is 2.68 bits per heavy atom. The first-order chi connectivity index (χ1) is 12.0. The van der Waals surface area contributed by atoms with Gasteiger partial charge in [0.2, 0.25) is 0 Å². The highest BCUT2D eigenvalue weighted by molar-refractivity contribution is 8.00. The van der Waals surface area contributed by atoms with Gasteiger partial charge in [-0.3, -0.25) is 4.79 Å².